The summed E-state index contributed by atoms with van der Waals surface area (Å²) in [6, 6.07) is 11.6. The first-order valence-corrected chi connectivity index (χ1v) is 7.77. The zero-order valence-corrected chi connectivity index (χ0v) is 13.1. The second kappa shape index (κ2) is 6.36. The Kier molecular flexibility index (Phi) is 4.78. The van der Waals surface area contributed by atoms with E-state index in [9.17, 15) is 0 Å². The van der Waals surface area contributed by atoms with E-state index in [0.717, 1.165) is 13.0 Å². The molecule has 1 aromatic heterocycles. The van der Waals surface area contributed by atoms with Crippen LogP contribution in [-0.4, -0.2) is 6.54 Å². The van der Waals surface area contributed by atoms with Crippen LogP contribution in [0.3, 0.4) is 0 Å². The number of thiophene rings is 1. The number of rotatable bonds is 5. The minimum absolute atomic E-state index is 0.428. The molecular weight excluding hydrogens is 250 g/mol. The Bertz CT molecular complexity index is 525. The molecule has 1 N–H and O–H groups in total. The fraction of sp³-hybridized carbons (Fsp3) is 0.412. The second-order valence-corrected chi connectivity index (χ2v) is 6.63. The zero-order valence-electron chi connectivity index (χ0n) is 12.3. The molecule has 0 spiro atoms. The SMILES string of the molecule is CCNC(Cc1ccc(C)cc1)c1cc(C)sc1C. The molecule has 1 aromatic carbocycles. The second-order valence-electron chi connectivity index (χ2n) is 5.17. The largest absolute Gasteiger partial charge is 0.310 e. The molecule has 1 atom stereocenters. The van der Waals surface area contributed by atoms with E-state index in [1.165, 1.54) is 26.4 Å². The van der Waals surface area contributed by atoms with Gasteiger partial charge in [0.2, 0.25) is 0 Å². The van der Waals surface area contributed by atoms with Crippen LogP contribution in [-0.2, 0) is 6.42 Å². The van der Waals surface area contributed by atoms with E-state index in [1.807, 2.05) is 11.3 Å². The van der Waals surface area contributed by atoms with Crippen molar-refractivity contribution in [1.29, 1.82) is 0 Å². The first-order valence-electron chi connectivity index (χ1n) is 6.96. The third kappa shape index (κ3) is 3.68. The smallest absolute Gasteiger partial charge is 0.0371 e. The van der Waals surface area contributed by atoms with Crippen LogP contribution < -0.4 is 5.32 Å². The number of hydrogen-bond donors (Lipinski definition) is 1. The quantitative estimate of drug-likeness (QED) is 0.841. The summed E-state index contributed by atoms with van der Waals surface area (Å²) in [5.41, 5.74) is 4.19. The highest BCUT2D eigenvalue weighted by Crippen LogP contribution is 2.28. The Balaban J connectivity index is 2.20. The van der Waals surface area contributed by atoms with E-state index < -0.39 is 0 Å². The summed E-state index contributed by atoms with van der Waals surface area (Å²) in [6.07, 6.45) is 1.06. The lowest BCUT2D eigenvalue weighted by atomic mass is 9.98. The van der Waals surface area contributed by atoms with Crippen LogP contribution in [0.5, 0.6) is 0 Å². The van der Waals surface area contributed by atoms with Crippen molar-refractivity contribution in [2.24, 2.45) is 0 Å². The molecule has 0 aliphatic rings. The van der Waals surface area contributed by atoms with Crippen LogP contribution in [0.25, 0.3) is 0 Å². The summed E-state index contributed by atoms with van der Waals surface area (Å²) in [7, 11) is 0. The van der Waals surface area contributed by atoms with E-state index in [-0.39, 0.29) is 0 Å². The molecule has 19 heavy (non-hydrogen) atoms. The first kappa shape index (κ1) is 14.3. The molecule has 2 heteroatoms. The predicted octanol–water partition coefficient (Wildman–Crippen LogP) is 4.57. The van der Waals surface area contributed by atoms with Crippen LogP contribution in [0.2, 0.25) is 0 Å². The normalized spacial score (nSPS) is 12.6. The molecule has 102 valence electrons. The van der Waals surface area contributed by atoms with E-state index >= 15 is 0 Å². The highest BCUT2D eigenvalue weighted by Gasteiger charge is 2.15. The van der Waals surface area contributed by atoms with Crippen molar-refractivity contribution in [2.45, 2.75) is 40.2 Å². The number of likely N-dealkylation sites (N-methyl/N-ethyl adjacent to an activating group) is 1. The van der Waals surface area contributed by atoms with Crippen molar-refractivity contribution < 1.29 is 0 Å². The maximum Gasteiger partial charge on any atom is 0.0371 e. The van der Waals surface area contributed by atoms with Gasteiger partial charge in [0.25, 0.3) is 0 Å². The van der Waals surface area contributed by atoms with Gasteiger partial charge in [0.1, 0.15) is 0 Å². The predicted molar refractivity (Wildman–Crippen MR) is 85.1 cm³/mol. The topological polar surface area (TPSA) is 12.0 Å². The van der Waals surface area contributed by atoms with Crippen LogP contribution in [0.15, 0.2) is 30.3 Å². The highest BCUT2D eigenvalue weighted by molar-refractivity contribution is 7.12. The van der Waals surface area contributed by atoms with Gasteiger partial charge in [0, 0.05) is 15.8 Å². The lowest BCUT2D eigenvalue weighted by Gasteiger charge is -2.18. The van der Waals surface area contributed by atoms with E-state index in [1.54, 1.807) is 0 Å². The Labute approximate surface area is 120 Å². The number of nitrogens with one attached hydrogen (secondary N) is 1. The van der Waals surface area contributed by atoms with Gasteiger partial charge in [-0.2, -0.15) is 0 Å². The molecule has 0 saturated heterocycles. The standard InChI is InChI=1S/C17H23NS/c1-5-18-17(16-10-13(3)19-14(16)4)11-15-8-6-12(2)7-9-15/h6-10,17-18H,5,11H2,1-4H3. The number of hydrogen-bond acceptors (Lipinski definition) is 2. The molecule has 0 saturated carbocycles. The van der Waals surface area contributed by atoms with Gasteiger partial charge in [-0.15, -0.1) is 11.3 Å². The van der Waals surface area contributed by atoms with E-state index in [4.69, 9.17) is 0 Å². The Hall–Kier alpha value is -1.12. The van der Waals surface area contributed by atoms with Crippen LogP contribution >= 0.6 is 11.3 Å². The van der Waals surface area contributed by atoms with E-state index in [0.29, 0.717) is 6.04 Å². The average molecular weight is 273 g/mol. The van der Waals surface area contributed by atoms with Gasteiger partial charge in [0.15, 0.2) is 0 Å². The highest BCUT2D eigenvalue weighted by atomic mass is 32.1. The molecule has 0 fully saturated rings. The molecule has 2 rings (SSSR count). The Morgan fingerprint density at radius 3 is 2.32 bits per heavy atom. The summed E-state index contributed by atoms with van der Waals surface area (Å²) in [5.74, 6) is 0. The first-order chi connectivity index (χ1) is 9.10. The fourth-order valence-electron chi connectivity index (χ4n) is 2.49. The van der Waals surface area contributed by atoms with Gasteiger partial charge < -0.3 is 5.32 Å². The number of benzene rings is 1. The van der Waals surface area contributed by atoms with E-state index in [2.05, 4.69) is 63.3 Å². The van der Waals surface area contributed by atoms with Gasteiger partial charge in [-0.3, -0.25) is 0 Å². The van der Waals surface area contributed by atoms with Crippen molar-refractivity contribution >= 4 is 11.3 Å². The van der Waals surface area contributed by atoms with Gasteiger partial charge >= 0.3 is 0 Å². The summed E-state index contributed by atoms with van der Waals surface area (Å²) in [5, 5.41) is 3.62. The molecule has 0 amide bonds. The molecule has 0 bridgehead atoms. The van der Waals surface area contributed by atoms with Crippen molar-refractivity contribution in [2.75, 3.05) is 6.54 Å². The number of aryl methyl sites for hydroxylation is 3. The maximum atomic E-state index is 3.62. The van der Waals surface area contributed by atoms with Crippen LogP contribution in [0, 0.1) is 20.8 Å². The van der Waals surface area contributed by atoms with Crippen molar-refractivity contribution in [3.63, 3.8) is 0 Å². The Morgan fingerprint density at radius 1 is 1.11 bits per heavy atom. The summed E-state index contributed by atoms with van der Waals surface area (Å²) < 4.78 is 0. The van der Waals surface area contributed by atoms with Crippen LogP contribution in [0.1, 0.15) is 39.4 Å². The monoisotopic (exact) mass is 273 g/mol. The maximum absolute atomic E-state index is 3.62. The van der Waals surface area contributed by atoms with Gasteiger partial charge in [-0.05, 0) is 50.9 Å². The molecule has 1 nitrogen and oxygen atoms in total. The lowest BCUT2D eigenvalue weighted by Crippen LogP contribution is -2.23. The van der Waals surface area contributed by atoms with Crippen molar-refractivity contribution in [1.82, 2.24) is 5.32 Å². The van der Waals surface area contributed by atoms with Gasteiger partial charge in [0.05, 0.1) is 0 Å². The average Bonchev–Trinajstić information content (AvgIpc) is 2.71. The minimum atomic E-state index is 0.428. The summed E-state index contributed by atoms with van der Waals surface area (Å²) >= 11 is 1.90. The van der Waals surface area contributed by atoms with Crippen LogP contribution in [0.4, 0.5) is 0 Å². The third-order valence-corrected chi connectivity index (χ3v) is 4.45. The minimum Gasteiger partial charge on any atom is -0.310 e. The van der Waals surface area contributed by atoms with Crippen molar-refractivity contribution in [3.8, 4) is 0 Å². The third-order valence-electron chi connectivity index (χ3n) is 3.47. The Morgan fingerprint density at radius 2 is 1.79 bits per heavy atom. The zero-order chi connectivity index (χ0) is 13.8. The molecular formula is C17H23NS. The lowest BCUT2D eigenvalue weighted by molar-refractivity contribution is 0.549. The fourth-order valence-corrected chi connectivity index (χ4v) is 3.48. The van der Waals surface area contributed by atoms with Gasteiger partial charge in [-0.25, -0.2) is 0 Å². The molecule has 0 aliphatic carbocycles. The molecule has 1 heterocycles. The molecule has 1 unspecified atom stereocenters. The molecule has 0 aliphatic heterocycles. The summed E-state index contributed by atoms with van der Waals surface area (Å²) in [4.78, 5) is 2.84. The van der Waals surface area contributed by atoms with Gasteiger partial charge in [-0.1, -0.05) is 36.8 Å². The summed E-state index contributed by atoms with van der Waals surface area (Å²) in [6.45, 7) is 9.74. The van der Waals surface area contributed by atoms with Crippen molar-refractivity contribution in [3.05, 3.63) is 56.8 Å². The molecule has 0 radical (unpaired) electrons. The molecule has 2 aromatic rings.